The molecule has 0 aliphatic heterocycles. The lowest BCUT2D eigenvalue weighted by Crippen LogP contribution is -2.04. The Hall–Kier alpha value is -1.96. The van der Waals surface area contributed by atoms with Gasteiger partial charge in [0.15, 0.2) is 0 Å². The van der Waals surface area contributed by atoms with Crippen molar-refractivity contribution in [1.29, 1.82) is 0 Å². The highest BCUT2D eigenvalue weighted by Gasteiger charge is 2.30. The van der Waals surface area contributed by atoms with Gasteiger partial charge in [0.25, 0.3) is 0 Å². The maximum Gasteiger partial charge on any atom is 0.416 e. The average Bonchev–Trinajstić information content (AvgIpc) is 2.29. The molecule has 0 saturated heterocycles. The minimum atomic E-state index is -4.39. The molecule has 0 radical (unpaired) electrons. The van der Waals surface area contributed by atoms with E-state index >= 15 is 0 Å². The van der Waals surface area contributed by atoms with Gasteiger partial charge >= 0.3 is 12.1 Å². The molecule has 1 rings (SSSR count). The third kappa shape index (κ3) is 4.50. The lowest BCUT2D eigenvalue weighted by atomic mass is 10.1. The summed E-state index contributed by atoms with van der Waals surface area (Å²) in [7, 11) is 0. The van der Waals surface area contributed by atoms with Gasteiger partial charge in [-0.1, -0.05) is 17.9 Å². The third-order valence-corrected chi connectivity index (χ3v) is 1.96. The molecule has 0 atom stereocenters. The summed E-state index contributed by atoms with van der Waals surface area (Å²) in [5, 5.41) is 0. The minimum absolute atomic E-state index is 0.135. The molecule has 0 saturated carbocycles. The van der Waals surface area contributed by atoms with Crippen LogP contribution in [0.1, 0.15) is 24.5 Å². The Morgan fingerprint density at radius 2 is 2.11 bits per heavy atom. The summed E-state index contributed by atoms with van der Waals surface area (Å²) >= 11 is 0. The first kappa shape index (κ1) is 14.1. The van der Waals surface area contributed by atoms with Crippen LogP contribution in [0, 0.1) is 11.8 Å². The number of esters is 1. The highest BCUT2D eigenvalue weighted by Crippen LogP contribution is 2.29. The zero-order chi connectivity index (χ0) is 13.6. The zero-order valence-corrected chi connectivity index (χ0v) is 9.67. The fourth-order valence-corrected chi connectivity index (χ4v) is 1.20. The first-order valence-corrected chi connectivity index (χ1v) is 5.25. The van der Waals surface area contributed by atoms with E-state index in [1.54, 1.807) is 6.92 Å². The van der Waals surface area contributed by atoms with Crippen molar-refractivity contribution in [2.45, 2.75) is 19.5 Å². The number of ether oxygens (including phenoxy) is 1. The largest absolute Gasteiger partial charge is 0.465 e. The van der Waals surface area contributed by atoms with Crippen LogP contribution >= 0.6 is 0 Å². The molecule has 18 heavy (non-hydrogen) atoms. The number of halogens is 3. The molecule has 0 spiro atoms. The molecule has 0 heterocycles. The summed E-state index contributed by atoms with van der Waals surface area (Å²) in [6.45, 7) is 1.92. The van der Waals surface area contributed by atoms with Crippen LogP contribution in [0.3, 0.4) is 0 Å². The summed E-state index contributed by atoms with van der Waals surface area (Å²) in [6, 6.07) is 4.64. The molecule has 1 aromatic carbocycles. The summed E-state index contributed by atoms with van der Waals surface area (Å²) in [6.07, 6.45) is -4.52. The van der Waals surface area contributed by atoms with E-state index in [1.807, 2.05) is 0 Å². The summed E-state index contributed by atoms with van der Waals surface area (Å²) < 4.78 is 41.8. The van der Waals surface area contributed by atoms with E-state index in [9.17, 15) is 18.0 Å². The second-order valence-electron chi connectivity index (χ2n) is 3.36. The van der Waals surface area contributed by atoms with E-state index in [2.05, 4.69) is 16.6 Å². The molecular weight excluding hydrogens is 245 g/mol. The van der Waals surface area contributed by atoms with Gasteiger partial charge in [-0.2, -0.15) is 13.2 Å². The van der Waals surface area contributed by atoms with Crippen molar-refractivity contribution in [2.75, 3.05) is 6.61 Å². The molecular formula is C13H11F3O2. The molecule has 0 aliphatic rings. The van der Waals surface area contributed by atoms with Crippen molar-refractivity contribution in [3.8, 4) is 11.8 Å². The SMILES string of the molecule is CCOC(=O)CC#Cc1cccc(C(F)(F)F)c1. The van der Waals surface area contributed by atoms with Crippen LogP contribution in [0.4, 0.5) is 13.2 Å². The normalized spacial score (nSPS) is 10.4. The second kappa shape index (κ2) is 6.10. The molecule has 0 fully saturated rings. The maximum absolute atomic E-state index is 12.4. The quantitative estimate of drug-likeness (QED) is 0.600. The van der Waals surface area contributed by atoms with E-state index in [0.717, 1.165) is 12.1 Å². The maximum atomic E-state index is 12.4. The third-order valence-electron chi connectivity index (χ3n) is 1.96. The van der Waals surface area contributed by atoms with Gasteiger partial charge in [-0.15, -0.1) is 0 Å². The lowest BCUT2D eigenvalue weighted by Gasteiger charge is -2.05. The van der Waals surface area contributed by atoms with Crippen LogP contribution in [0.15, 0.2) is 24.3 Å². The Balaban J connectivity index is 2.74. The fourth-order valence-electron chi connectivity index (χ4n) is 1.20. The molecule has 0 N–H and O–H groups in total. The molecule has 96 valence electrons. The van der Waals surface area contributed by atoms with Crippen molar-refractivity contribution < 1.29 is 22.7 Å². The van der Waals surface area contributed by atoms with Crippen LogP contribution in [0.5, 0.6) is 0 Å². The minimum Gasteiger partial charge on any atom is -0.465 e. The molecule has 2 nitrogen and oxygen atoms in total. The van der Waals surface area contributed by atoms with Gasteiger partial charge in [0, 0.05) is 5.56 Å². The van der Waals surface area contributed by atoms with Gasteiger partial charge in [0.2, 0.25) is 0 Å². The molecule has 1 aromatic rings. The van der Waals surface area contributed by atoms with Crippen molar-refractivity contribution in [3.05, 3.63) is 35.4 Å². The number of carbonyl (C=O) groups is 1. The average molecular weight is 256 g/mol. The molecule has 0 aliphatic carbocycles. The van der Waals surface area contributed by atoms with Gasteiger partial charge in [-0.3, -0.25) is 4.79 Å². The number of alkyl halides is 3. The predicted molar refractivity (Wildman–Crippen MR) is 59.6 cm³/mol. The number of rotatable bonds is 2. The van der Waals surface area contributed by atoms with Gasteiger partial charge in [0.05, 0.1) is 12.2 Å². The van der Waals surface area contributed by atoms with Gasteiger partial charge in [-0.25, -0.2) is 0 Å². The van der Waals surface area contributed by atoms with Crippen LogP contribution in [-0.2, 0) is 15.7 Å². The Morgan fingerprint density at radius 3 is 2.72 bits per heavy atom. The summed E-state index contributed by atoms with van der Waals surface area (Å²) in [4.78, 5) is 11.0. The number of hydrogen-bond donors (Lipinski definition) is 0. The number of carbonyl (C=O) groups excluding carboxylic acids is 1. The fraction of sp³-hybridized carbons (Fsp3) is 0.308. The summed E-state index contributed by atoms with van der Waals surface area (Å²) in [5.74, 6) is 4.48. The van der Waals surface area contributed by atoms with E-state index in [4.69, 9.17) is 0 Å². The van der Waals surface area contributed by atoms with E-state index in [0.29, 0.717) is 0 Å². The summed E-state index contributed by atoms with van der Waals surface area (Å²) in [5.41, 5.74) is -0.542. The van der Waals surface area contributed by atoms with Crippen LogP contribution in [0.25, 0.3) is 0 Å². The van der Waals surface area contributed by atoms with Gasteiger partial charge < -0.3 is 4.74 Å². The molecule has 5 heteroatoms. The Bertz CT molecular complexity index is 481. The van der Waals surface area contributed by atoms with E-state index in [-0.39, 0.29) is 18.6 Å². The van der Waals surface area contributed by atoms with Crippen LogP contribution in [-0.4, -0.2) is 12.6 Å². The molecule has 0 amide bonds. The Kier molecular flexibility index (Phi) is 4.78. The number of benzene rings is 1. The van der Waals surface area contributed by atoms with Gasteiger partial charge in [-0.05, 0) is 25.1 Å². The van der Waals surface area contributed by atoms with E-state index in [1.165, 1.54) is 12.1 Å². The second-order valence-corrected chi connectivity index (χ2v) is 3.36. The predicted octanol–water partition coefficient (Wildman–Crippen LogP) is 3.01. The van der Waals surface area contributed by atoms with Crippen molar-refractivity contribution >= 4 is 5.97 Å². The van der Waals surface area contributed by atoms with Crippen molar-refractivity contribution in [2.24, 2.45) is 0 Å². The zero-order valence-electron chi connectivity index (χ0n) is 9.67. The smallest absolute Gasteiger partial charge is 0.416 e. The van der Waals surface area contributed by atoms with Crippen LogP contribution in [0.2, 0.25) is 0 Å². The monoisotopic (exact) mass is 256 g/mol. The highest BCUT2D eigenvalue weighted by molar-refractivity contribution is 5.72. The van der Waals surface area contributed by atoms with E-state index < -0.39 is 17.7 Å². The number of hydrogen-bond acceptors (Lipinski definition) is 2. The lowest BCUT2D eigenvalue weighted by molar-refractivity contribution is -0.142. The van der Waals surface area contributed by atoms with Crippen molar-refractivity contribution in [3.63, 3.8) is 0 Å². The topological polar surface area (TPSA) is 26.3 Å². The first-order valence-electron chi connectivity index (χ1n) is 5.25. The Morgan fingerprint density at radius 1 is 1.39 bits per heavy atom. The molecule has 0 bridgehead atoms. The first-order chi connectivity index (χ1) is 8.43. The molecule has 0 unspecified atom stereocenters. The van der Waals surface area contributed by atoms with Crippen molar-refractivity contribution in [1.82, 2.24) is 0 Å². The Labute approximate surface area is 103 Å². The standard InChI is InChI=1S/C13H11F3O2/c1-2-18-12(17)8-4-6-10-5-3-7-11(9-10)13(14,15)16/h3,5,7,9H,2,8H2,1H3. The van der Waals surface area contributed by atoms with Crippen LogP contribution < -0.4 is 0 Å². The highest BCUT2D eigenvalue weighted by atomic mass is 19.4. The van der Waals surface area contributed by atoms with Gasteiger partial charge in [0.1, 0.15) is 6.42 Å². The molecule has 0 aromatic heterocycles.